The topological polar surface area (TPSA) is 28.2 Å². The number of halogens is 2. The van der Waals surface area contributed by atoms with Crippen molar-refractivity contribution in [1.82, 2.24) is 10.3 Å². The molecule has 1 saturated carbocycles. The van der Waals surface area contributed by atoms with E-state index in [4.69, 9.17) is 0 Å². The van der Waals surface area contributed by atoms with Gasteiger partial charge in [-0.05, 0) is 31.9 Å². The third kappa shape index (κ3) is 2.76. The minimum atomic E-state index is -2.52. The van der Waals surface area contributed by atoms with E-state index < -0.39 is 11.3 Å². The van der Waals surface area contributed by atoms with E-state index in [1.54, 1.807) is 6.92 Å². The van der Waals surface area contributed by atoms with Gasteiger partial charge in [-0.3, -0.25) is 4.98 Å². The largest absolute Gasteiger partial charge is 0.370 e. The zero-order valence-corrected chi connectivity index (χ0v) is 12.7. The quantitative estimate of drug-likeness (QED) is 0.904. The van der Waals surface area contributed by atoms with Crippen molar-refractivity contribution < 1.29 is 8.78 Å². The fourth-order valence-corrected chi connectivity index (χ4v) is 3.05. The molecular formula is C16H23F2N3. The van der Waals surface area contributed by atoms with Gasteiger partial charge in [0.05, 0.1) is 23.0 Å². The molecule has 2 atom stereocenters. The molecule has 0 amide bonds. The van der Waals surface area contributed by atoms with Crippen LogP contribution in [0.1, 0.15) is 38.8 Å². The maximum Gasteiger partial charge on any atom is 0.255 e. The number of hydrogen-bond donors (Lipinski definition) is 1. The van der Waals surface area contributed by atoms with Gasteiger partial charge < -0.3 is 10.2 Å². The summed E-state index contributed by atoms with van der Waals surface area (Å²) >= 11 is 0. The first-order valence-corrected chi connectivity index (χ1v) is 7.73. The lowest BCUT2D eigenvalue weighted by molar-refractivity contribution is 0.0571. The highest BCUT2D eigenvalue weighted by Crippen LogP contribution is 2.62. The van der Waals surface area contributed by atoms with Gasteiger partial charge in [0.2, 0.25) is 0 Å². The van der Waals surface area contributed by atoms with E-state index in [1.165, 1.54) is 12.8 Å². The summed E-state index contributed by atoms with van der Waals surface area (Å²) in [7, 11) is 0. The van der Waals surface area contributed by atoms with Crippen LogP contribution in [0.2, 0.25) is 0 Å². The molecule has 1 aromatic heterocycles. The van der Waals surface area contributed by atoms with Crippen molar-refractivity contribution in [2.75, 3.05) is 18.0 Å². The summed E-state index contributed by atoms with van der Waals surface area (Å²) in [5.41, 5.74) is 1.16. The van der Waals surface area contributed by atoms with Gasteiger partial charge in [0.1, 0.15) is 0 Å². The molecule has 2 unspecified atom stereocenters. The first-order valence-electron chi connectivity index (χ1n) is 7.73. The van der Waals surface area contributed by atoms with Gasteiger partial charge in [-0.1, -0.05) is 6.92 Å². The molecule has 5 heteroatoms. The highest BCUT2D eigenvalue weighted by atomic mass is 19.3. The van der Waals surface area contributed by atoms with Gasteiger partial charge in [-0.2, -0.15) is 0 Å². The molecule has 0 bridgehead atoms. The van der Waals surface area contributed by atoms with Crippen LogP contribution < -0.4 is 10.2 Å². The van der Waals surface area contributed by atoms with Crippen molar-refractivity contribution in [3.05, 3.63) is 24.0 Å². The first kappa shape index (κ1) is 14.7. The van der Waals surface area contributed by atoms with Crippen molar-refractivity contribution >= 4 is 5.69 Å². The number of alkyl halides is 2. The molecule has 0 spiro atoms. The molecule has 2 fully saturated rings. The fourth-order valence-electron chi connectivity index (χ4n) is 3.05. The van der Waals surface area contributed by atoms with Gasteiger partial charge in [0.15, 0.2) is 0 Å². The lowest BCUT2D eigenvalue weighted by Gasteiger charge is -2.21. The van der Waals surface area contributed by atoms with Crippen LogP contribution in [-0.2, 0) is 6.54 Å². The molecule has 1 saturated heterocycles. The number of rotatable bonds is 5. The number of pyridine rings is 1. The van der Waals surface area contributed by atoms with Crippen molar-refractivity contribution in [1.29, 1.82) is 0 Å². The second-order valence-electron chi connectivity index (χ2n) is 6.60. The Morgan fingerprint density at radius 3 is 2.52 bits per heavy atom. The Hall–Kier alpha value is -1.23. The normalized spacial score (nSPS) is 28.7. The zero-order chi connectivity index (χ0) is 15.1. The van der Waals surface area contributed by atoms with Crippen LogP contribution in [0.3, 0.4) is 0 Å². The van der Waals surface area contributed by atoms with Gasteiger partial charge in [0, 0.05) is 32.1 Å². The summed E-state index contributed by atoms with van der Waals surface area (Å²) in [5.74, 6) is -2.52. The number of anilines is 1. The molecule has 116 valence electrons. The Labute approximate surface area is 124 Å². The first-order chi connectivity index (χ1) is 9.92. The molecule has 21 heavy (non-hydrogen) atoms. The van der Waals surface area contributed by atoms with Crippen LogP contribution in [0.4, 0.5) is 14.5 Å². The average molecular weight is 295 g/mol. The second-order valence-corrected chi connectivity index (χ2v) is 6.60. The van der Waals surface area contributed by atoms with Crippen LogP contribution in [0.25, 0.3) is 0 Å². The van der Waals surface area contributed by atoms with E-state index in [1.807, 2.05) is 19.2 Å². The van der Waals surface area contributed by atoms with Crippen molar-refractivity contribution in [3.8, 4) is 0 Å². The molecule has 1 aromatic rings. The minimum absolute atomic E-state index is 0.0184. The van der Waals surface area contributed by atoms with Crippen LogP contribution in [0, 0.1) is 5.41 Å². The Morgan fingerprint density at radius 1 is 1.33 bits per heavy atom. The van der Waals surface area contributed by atoms with Gasteiger partial charge in [0.25, 0.3) is 5.92 Å². The second kappa shape index (κ2) is 5.20. The molecule has 0 aromatic carbocycles. The number of nitrogens with one attached hydrogen (secondary N) is 1. The van der Waals surface area contributed by atoms with E-state index in [9.17, 15) is 8.78 Å². The summed E-state index contributed by atoms with van der Waals surface area (Å²) < 4.78 is 26.6. The summed E-state index contributed by atoms with van der Waals surface area (Å²) in [6, 6.07) is 3.85. The van der Waals surface area contributed by atoms with E-state index in [-0.39, 0.29) is 12.5 Å². The molecule has 0 radical (unpaired) electrons. The lowest BCUT2D eigenvalue weighted by Crippen LogP contribution is -2.36. The highest BCUT2D eigenvalue weighted by Gasteiger charge is 2.70. The summed E-state index contributed by atoms with van der Waals surface area (Å²) in [5, 5.41) is 3.19. The Morgan fingerprint density at radius 2 is 2.00 bits per heavy atom. The van der Waals surface area contributed by atoms with Crippen molar-refractivity contribution in [2.24, 2.45) is 5.41 Å². The molecule has 2 aliphatic rings. The molecule has 1 N–H and O–H groups in total. The smallest absolute Gasteiger partial charge is 0.255 e. The number of nitrogens with zero attached hydrogens (tertiary/aromatic N) is 2. The third-order valence-corrected chi connectivity index (χ3v) is 5.13. The molecule has 3 nitrogen and oxygen atoms in total. The van der Waals surface area contributed by atoms with Crippen LogP contribution in [-0.4, -0.2) is 30.0 Å². The van der Waals surface area contributed by atoms with Gasteiger partial charge >= 0.3 is 0 Å². The number of aromatic nitrogens is 1. The Bertz CT molecular complexity index is 497. The van der Waals surface area contributed by atoms with Crippen LogP contribution in [0.5, 0.6) is 0 Å². The van der Waals surface area contributed by atoms with E-state index in [0.29, 0.717) is 6.54 Å². The van der Waals surface area contributed by atoms with E-state index in [0.717, 1.165) is 24.5 Å². The average Bonchev–Trinajstić information content (AvgIpc) is 2.87. The lowest BCUT2D eigenvalue weighted by atomic mass is 10.00. The predicted octanol–water partition coefficient (Wildman–Crippen LogP) is 3.21. The van der Waals surface area contributed by atoms with Crippen molar-refractivity contribution in [3.63, 3.8) is 0 Å². The van der Waals surface area contributed by atoms with Gasteiger partial charge in [-0.25, -0.2) is 8.78 Å². The summed E-state index contributed by atoms with van der Waals surface area (Å²) in [4.78, 5) is 6.77. The Balaban J connectivity index is 1.54. The predicted molar refractivity (Wildman–Crippen MR) is 79.7 cm³/mol. The van der Waals surface area contributed by atoms with Crippen LogP contribution >= 0.6 is 0 Å². The molecule has 3 rings (SSSR count). The van der Waals surface area contributed by atoms with Crippen LogP contribution in [0.15, 0.2) is 18.3 Å². The molecular weight excluding hydrogens is 272 g/mol. The SMILES string of the molecule is CC(NCc1ccc(N2CCCC2)cn1)C1(C)CC1(F)F. The molecule has 2 heterocycles. The summed E-state index contributed by atoms with van der Waals surface area (Å²) in [6.45, 7) is 6.22. The maximum atomic E-state index is 13.3. The molecule has 1 aliphatic heterocycles. The third-order valence-electron chi connectivity index (χ3n) is 5.13. The van der Waals surface area contributed by atoms with Gasteiger partial charge in [-0.15, -0.1) is 0 Å². The Kier molecular flexibility index (Phi) is 3.64. The molecule has 1 aliphatic carbocycles. The minimum Gasteiger partial charge on any atom is -0.370 e. The monoisotopic (exact) mass is 295 g/mol. The number of hydrogen-bond acceptors (Lipinski definition) is 3. The van der Waals surface area contributed by atoms with Crippen molar-refractivity contribution in [2.45, 2.75) is 51.6 Å². The van der Waals surface area contributed by atoms with E-state index in [2.05, 4.69) is 21.3 Å². The highest BCUT2D eigenvalue weighted by molar-refractivity contribution is 5.45. The standard InChI is InChI=1S/C16H23F2N3/c1-12(15(2)11-16(15,17)18)19-9-13-5-6-14(10-20-13)21-7-3-4-8-21/h5-6,10,12,19H,3-4,7-9,11H2,1-2H3. The zero-order valence-electron chi connectivity index (χ0n) is 12.7. The fraction of sp³-hybridized carbons (Fsp3) is 0.688. The van der Waals surface area contributed by atoms with E-state index >= 15 is 0 Å². The maximum absolute atomic E-state index is 13.3. The summed E-state index contributed by atoms with van der Waals surface area (Å²) in [6.07, 6.45) is 4.36.